The number of benzene rings is 1. The second-order valence-corrected chi connectivity index (χ2v) is 5.39. The van der Waals surface area contributed by atoms with E-state index in [-0.39, 0.29) is 42.4 Å². The molecule has 0 heterocycles. The predicted octanol–water partition coefficient (Wildman–Crippen LogP) is -1.22. The molecule has 0 atom stereocenters. The maximum absolute atomic E-state index is 11.7. The molecule has 7 heteroatoms. The number of halogens is 1. The Balaban J connectivity index is 0. The normalized spacial score (nSPS) is 10.6. The van der Waals surface area contributed by atoms with Crippen molar-refractivity contribution in [3.8, 4) is 6.07 Å². The van der Waals surface area contributed by atoms with Crippen LogP contribution in [-0.4, -0.2) is 18.8 Å². The Bertz CT molecular complexity index is 487. The predicted molar refractivity (Wildman–Crippen MR) is 57.6 cm³/mol. The van der Waals surface area contributed by atoms with E-state index in [9.17, 15) is 8.42 Å². The smallest absolute Gasteiger partial charge is 1.00 e. The van der Waals surface area contributed by atoms with Gasteiger partial charge in [0.15, 0.2) is 0 Å². The van der Waals surface area contributed by atoms with E-state index in [1.54, 1.807) is 18.2 Å². The Morgan fingerprint density at radius 1 is 1.44 bits per heavy atom. The minimum absolute atomic E-state index is 0. The first-order valence-electron chi connectivity index (χ1n) is 4.10. The fourth-order valence-corrected chi connectivity index (χ4v) is 2.19. The maximum atomic E-state index is 11.7. The van der Waals surface area contributed by atoms with E-state index in [1.807, 2.05) is 6.92 Å². The summed E-state index contributed by atoms with van der Waals surface area (Å²) in [6, 6.07) is 7.92. The van der Waals surface area contributed by atoms with Crippen molar-refractivity contribution in [3.05, 3.63) is 29.8 Å². The van der Waals surface area contributed by atoms with Gasteiger partial charge in [0.25, 0.3) is 10.0 Å². The molecular weight excluding hydrogens is 259 g/mol. The van der Waals surface area contributed by atoms with Crippen molar-refractivity contribution in [2.75, 3.05) is 6.54 Å². The third-order valence-electron chi connectivity index (χ3n) is 1.77. The van der Waals surface area contributed by atoms with Gasteiger partial charge in [-0.05, 0) is 30.8 Å². The molecule has 0 unspecified atom stereocenters. The first-order chi connectivity index (χ1) is 6.98. The molecule has 1 aromatic carbocycles. The van der Waals surface area contributed by atoms with Crippen LogP contribution >= 0.6 is 11.8 Å². The molecule has 1 rings (SSSR count). The summed E-state index contributed by atoms with van der Waals surface area (Å²) in [6.45, 7) is 1.47. The average molecular weight is 269 g/mol. The molecule has 16 heavy (non-hydrogen) atoms. The van der Waals surface area contributed by atoms with E-state index in [4.69, 9.17) is 17.0 Å². The Morgan fingerprint density at radius 3 is 2.38 bits per heavy atom. The monoisotopic (exact) mass is 268 g/mol. The zero-order valence-corrected chi connectivity index (χ0v) is 12.6. The van der Waals surface area contributed by atoms with E-state index in [0.717, 1.165) is 5.56 Å². The summed E-state index contributed by atoms with van der Waals surface area (Å²) in [7, 11) is -3.74. The molecule has 0 amide bonds. The Morgan fingerprint density at radius 2 is 1.94 bits per heavy atom. The summed E-state index contributed by atoms with van der Waals surface area (Å²) in [5, 5.41) is 8.35. The number of hydrogen-bond acceptors (Lipinski definition) is 3. The number of nitrogens with zero attached hydrogens (tertiary/aromatic N) is 2. The summed E-state index contributed by atoms with van der Waals surface area (Å²) in [5.74, 6) is 0. The fourth-order valence-electron chi connectivity index (χ4n) is 0.965. The molecule has 0 N–H and O–H groups in total. The van der Waals surface area contributed by atoms with Gasteiger partial charge in [-0.25, -0.2) is 8.42 Å². The SMILES string of the molecule is Cc1ccc(S(=O)(=O)N(Cl)CC#N)cc1.[H-].[Na+]. The van der Waals surface area contributed by atoms with Crippen molar-refractivity contribution in [2.24, 2.45) is 0 Å². The summed E-state index contributed by atoms with van der Waals surface area (Å²) in [4.78, 5) is 0.0818. The largest absolute Gasteiger partial charge is 1.00 e. The van der Waals surface area contributed by atoms with Crippen molar-refractivity contribution in [1.82, 2.24) is 3.82 Å². The topological polar surface area (TPSA) is 61.2 Å². The van der Waals surface area contributed by atoms with Crippen molar-refractivity contribution < 1.29 is 39.4 Å². The number of rotatable bonds is 3. The summed E-state index contributed by atoms with van der Waals surface area (Å²) < 4.78 is 23.9. The van der Waals surface area contributed by atoms with E-state index < -0.39 is 10.0 Å². The van der Waals surface area contributed by atoms with Gasteiger partial charge in [0.05, 0.1) is 11.0 Å². The van der Waals surface area contributed by atoms with Gasteiger partial charge >= 0.3 is 29.6 Å². The number of aryl methyl sites for hydroxylation is 1. The number of hydrogen-bond donors (Lipinski definition) is 0. The second kappa shape index (κ2) is 6.60. The molecule has 0 aliphatic carbocycles. The fraction of sp³-hybridized carbons (Fsp3) is 0.222. The molecule has 0 aromatic heterocycles. The standard InChI is InChI=1S/C9H9ClN2O2S.Na.H/c1-8-2-4-9(5-3-8)15(13,14)12(10)7-6-11;;/h2-5H,7H2,1H3;;/q;+1;-1. The van der Waals surface area contributed by atoms with Gasteiger partial charge in [0.2, 0.25) is 0 Å². The summed E-state index contributed by atoms with van der Waals surface area (Å²) in [5.41, 5.74) is 0.954. The van der Waals surface area contributed by atoms with Crippen molar-refractivity contribution >= 4 is 21.8 Å². The van der Waals surface area contributed by atoms with Crippen LogP contribution in [0.25, 0.3) is 0 Å². The zero-order chi connectivity index (χ0) is 11.5. The molecule has 0 saturated heterocycles. The van der Waals surface area contributed by atoms with Gasteiger partial charge in [-0.15, -0.1) is 0 Å². The van der Waals surface area contributed by atoms with Crippen molar-refractivity contribution in [2.45, 2.75) is 11.8 Å². The quantitative estimate of drug-likeness (QED) is 0.392. The molecule has 0 fully saturated rings. The minimum atomic E-state index is -3.74. The van der Waals surface area contributed by atoms with Gasteiger partial charge in [-0.2, -0.15) is 5.26 Å². The van der Waals surface area contributed by atoms with Crippen molar-refractivity contribution in [1.29, 1.82) is 5.26 Å². The molecule has 0 aliphatic heterocycles. The Hall–Kier alpha value is -0.0900. The molecule has 0 aliphatic rings. The Kier molecular flexibility index (Phi) is 6.56. The third kappa shape index (κ3) is 3.74. The van der Waals surface area contributed by atoms with Crippen LogP contribution in [0.3, 0.4) is 0 Å². The van der Waals surface area contributed by atoms with Gasteiger partial charge in [-0.3, -0.25) is 0 Å². The van der Waals surface area contributed by atoms with E-state index >= 15 is 0 Å². The van der Waals surface area contributed by atoms with Gasteiger partial charge in [0.1, 0.15) is 6.54 Å². The third-order valence-corrected chi connectivity index (χ3v) is 3.96. The van der Waals surface area contributed by atoms with Crippen LogP contribution in [0.15, 0.2) is 29.2 Å². The molecule has 82 valence electrons. The maximum Gasteiger partial charge on any atom is 1.00 e. The number of nitriles is 1. The zero-order valence-electron chi connectivity index (χ0n) is 10.0. The van der Waals surface area contributed by atoms with Gasteiger partial charge in [-0.1, -0.05) is 21.5 Å². The molecule has 4 nitrogen and oxygen atoms in total. The molecule has 0 bridgehead atoms. The molecule has 0 saturated carbocycles. The summed E-state index contributed by atoms with van der Waals surface area (Å²) in [6.07, 6.45) is 0. The van der Waals surface area contributed by atoms with Crippen LogP contribution in [0, 0.1) is 18.3 Å². The molecule has 0 spiro atoms. The van der Waals surface area contributed by atoms with Crippen LogP contribution in [0.4, 0.5) is 0 Å². The Labute approximate surface area is 124 Å². The minimum Gasteiger partial charge on any atom is -1.00 e. The van der Waals surface area contributed by atoms with Gasteiger partial charge < -0.3 is 1.43 Å². The second-order valence-electron chi connectivity index (χ2n) is 2.92. The van der Waals surface area contributed by atoms with E-state index in [2.05, 4.69) is 0 Å². The first kappa shape index (κ1) is 15.9. The number of sulfonamides is 1. The van der Waals surface area contributed by atoms with Crippen LogP contribution in [-0.2, 0) is 10.0 Å². The van der Waals surface area contributed by atoms with Crippen LogP contribution < -0.4 is 29.6 Å². The van der Waals surface area contributed by atoms with E-state index in [0.29, 0.717) is 3.82 Å². The molecule has 1 aromatic rings. The first-order valence-corrected chi connectivity index (χ1v) is 5.88. The average Bonchev–Trinajstić information content (AvgIpc) is 2.18. The molecule has 0 radical (unpaired) electrons. The van der Waals surface area contributed by atoms with Crippen molar-refractivity contribution in [3.63, 3.8) is 0 Å². The summed E-state index contributed by atoms with van der Waals surface area (Å²) >= 11 is 5.47. The van der Waals surface area contributed by atoms with Crippen LogP contribution in [0.5, 0.6) is 0 Å². The van der Waals surface area contributed by atoms with Crippen LogP contribution in [0.1, 0.15) is 6.99 Å². The molecular formula is C9H10ClN2NaO2S. The van der Waals surface area contributed by atoms with E-state index in [1.165, 1.54) is 12.1 Å². The van der Waals surface area contributed by atoms with Gasteiger partial charge in [0, 0.05) is 0 Å². The van der Waals surface area contributed by atoms with Crippen LogP contribution in [0.2, 0.25) is 0 Å².